The number of ether oxygens (including phenoxy) is 1. The molecule has 3 fully saturated rings. The van der Waals surface area contributed by atoms with Gasteiger partial charge in [-0.25, -0.2) is 0 Å². The number of hydrogen-bond acceptors (Lipinski definition) is 3. The van der Waals surface area contributed by atoms with Crippen LogP contribution in [0.2, 0.25) is 0 Å². The first-order valence-corrected chi connectivity index (χ1v) is 9.99. The second-order valence-corrected chi connectivity index (χ2v) is 10.8. The fourth-order valence-corrected chi connectivity index (χ4v) is 6.54. The van der Waals surface area contributed by atoms with Crippen molar-refractivity contribution in [3.8, 4) is 0 Å². The molecule has 0 aromatic heterocycles. The Morgan fingerprint density at radius 2 is 1.38 bits per heavy atom. The van der Waals surface area contributed by atoms with Crippen molar-refractivity contribution in [2.75, 3.05) is 0 Å². The summed E-state index contributed by atoms with van der Waals surface area (Å²) in [6.45, 7) is 13.5. The van der Waals surface area contributed by atoms with Crippen LogP contribution in [-0.4, -0.2) is 23.2 Å². The van der Waals surface area contributed by atoms with Crippen molar-refractivity contribution in [1.29, 1.82) is 0 Å². The molecule has 0 spiro atoms. The molecule has 3 aliphatic rings. The largest absolute Gasteiger partial charge is 0.462 e. The Balaban J connectivity index is 1.73. The maximum absolute atomic E-state index is 13.3. The van der Waals surface area contributed by atoms with Crippen molar-refractivity contribution >= 4 is 5.97 Å². The predicted octanol–water partition coefficient (Wildman–Crippen LogP) is 4.69. The van der Waals surface area contributed by atoms with Gasteiger partial charge in [-0.3, -0.25) is 4.79 Å². The summed E-state index contributed by atoms with van der Waals surface area (Å²) in [7, 11) is 0. The van der Waals surface area contributed by atoms with Gasteiger partial charge in [0.15, 0.2) is 0 Å². The molecule has 1 heterocycles. The molecule has 0 aromatic carbocycles. The fourth-order valence-electron chi connectivity index (χ4n) is 6.54. The first-order valence-electron chi connectivity index (χ1n) is 9.99. The third kappa shape index (κ3) is 3.81. The second-order valence-electron chi connectivity index (χ2n) is 10.8. The summed E-state index contributed by atoms with van der Waals surface area (Å²) in [5.41, 5.74) is -0.154. The van der Waals surface area contributed by atoms with Crippen molar-refractivity contribution in [1.82, 2.24) is 5.32 Å². The maximum atomic E-state index is 13.3. The van der Waals surface area contributed by atoms with E-state index in [1.54, 1.807) is 0 Å². The first kappa shape index (κ1) is 18.2. The summed E-state index contributed by atoms with van der Waals surface area (Å²) in [5.74, 6) is 2.16. The van der Waals surface area contributed by atoms with Crippen LogP contribution in [0, 0.1) is 23.2 Å². The number of fused-ring (bicyclic) bond motifs is 2. The highest BCUT2D eigenvalue weighted by atomic mass is 16.5. The number of hydrogen-bond donors (Lipinski definition) is 1. The lowest BCUT2D eigenvalue weighted by atomic mass is 9.57. The molecule has 2 saturated carbocycles. The van der Waals surface area contributed by atoms with Crippen molar-refractivity contribution in [2.24, 2.45) is 23.2 Å². The van der Waals surface area contributed by atoms with E-state index >= 15 is 0 Å². The van der Waals surface area contributed by atoms with E-state index in [1.165, 1.54) is 12.8 Å². The van der Waals surface area contributed by atoms with Gasteiger partial charge in [-0.15, -0.1) is 0 Å². The third-order valence-corrected chi connectivity index (χ3v) is 6.49. The van der Waals surface area contributed by atoms with Crippen LogP contribution in [0.5, 0.6) is 0 Å². The molecule has 3 rings (SSSR count). The third-order valence-electron chi connectivity index (χ3n) is 6.49. The number of esters is 1. The van der Waals surface area contributed by atoms with Crippen molar-refractivity contribution in [2.45, 2.75) is 104 Å². The molecular weight excluding hydrogens is 298 g/mol. The van der Waals surface area contributed by atoms with Crippen LogP contribution in [0.1, 0.15) is 86.5 Å². The SMILES string of the molecule is CC1CC2CC(C)CC(C(=O)OC3CC(C)(C)NC(C)(C)C3)(C1)C2. The lowest BCUT2D eigenvalue weighted by molar-refractivity contribution is -0.174. The summed E-state index contributed by atoms with van der Waals surface area (Å²) >= 11 is 0. The Kier molecular flexibility index (Phi) is 4.56. The monoisotopic (exact) mass is 335 g/mol. The van der Waals surface area contributed by atoms with E-state index in [-0.39, 0.29) is 28.6 Å². The van der Waals surface area contributed by atoms with Crippen LogP contribution in [0.15, 0.2) is 0 Å². The Morgan fingerprint density at radius 3 is 1.88 bits per heavy atom. The van der Waals surface area contributed by atoms with Gasteiger partial charge in [-0.2, -0.15) is 0 Å². The van der Waals surface area contributed by atoms with Gasteiger partial charge in [0, 0.05) is 23.9 Å². The molecule has 2 bridgehead atoms. The van der Waals surface area contributed by atoms with Gasteiger partial charge in [-0.1, -0.05) is 13.8 Å². The Labute approximate surface area is 148 Å². The minimum Gasteiger partial charge on any atom is -0.462 e. The lowest BCUT2D eigenvalue weighted by Gasteiger charge is -2.50. The van der Waals surface area contributed by atoms with Gasteiger partial charge in [0.2, 0.25) is 0 Å². The highest BCUT2D eigenvalue weighted by Crippen LogP contribution is 2.53. The quantitative estimate of drug-likeness (QED) is 0.744. The van der Waals surface area contributed by atoms with Gasteiger partial charge < -0.3 is 10.1 Å². The molecular formula is C21H37NO2. The van der Waals surface area contributed by atoms with Crippen LogP contribution in [0.4, 0.5) is 0 Å². The first-order chi connectivity index (χ1) is 11.0. The highest BCUT2D eigenvalue weighted by Gasteiger charge is 2.51. The fraction of sp³-hybridized carbons (Fsp3) is 0.952. The van der Waals surface area contributed by atoms with Gasteiger partial charge in [0.05, 0.1) is 5.41 Å². The molecule has 0 amide bonds. The lowest BCUT2D eigenvalue weighted by Crippen LogP contribution is -2.60. The molecule has 0 radical (unpaired) electrons. The topological polar surface area (TPSA) is 38.3 Å². The molecule has 2 aliphatic carbocycles. The average Bonchev–Trinajstić information content (AvgIpc) is 2.32. The molecule has 3 heteroatoms. The van der Waals surface area contributed by atoms with Crippen LogP contribution >= 0.6 is 0 Å². The van der Waals surface area contributed by atoms with Crippen LogP contribution < -0.4 is 5.32 Å². The number of rotatable bonds is 2. The summed E-state index contributed by atoms with van der Waals surface area (Å²) in [4.78, 5) is 13.3. The van der Waals surface area contributed by atoms with Crippen LogP contribution in [0.25, 0.3) is 0 Å². The van der Waals surface area contributed by atoms with Gasteiger partial charge in [-0.05, 0) is 77.6 Å². The predicted molar refractivity (Wildman–Crippen MR) is 97.7 cm³/mol. The molecule has 1 N–H and O–H groups in total. The molecule has 24 heavy (non-hydrogen) atoms. The molecule has 3 nitrogen and oxygen atoms in total. The minimum atomic E-state index is -0.195. The number of nitrogens with one attached hydrogen (secondary N) is 1. The van der Waals surface area contributed by atoms with E-state index in [4.69, 9.17) is 4.74 Å². The average molecular weight is 336 g/mol. The number of carbonyl (C=O) groups is 1. The smallest absolute Gasteiger partial charge is 0.312 e. The zero-order valence-corrected chi connectivity index (χ0v) is 16.6. The summed E-state index contributed by atoms with van der Waals surface area (Å²) in [6, 6.07) is 0. The molecule has 2 atom stereocenters. The zero-order chi connectivity index (χ0) is 17.8. The maximum Gasteiger partial charge on any atom is 0.312 e. The van der Waals surface area contributed by atoms with Crippen molar-refractivity contribution in [3.05, 3.63) is 0 Å². The zero-order valence-electron chi connectivity index (χ0n) is 16.6. The summed E-state index contributed by atoms with van der Waals surface area (Å²) < 4.78 is 6.20. The Morgan fingerprint density at radius 1 is 0.875 bits per heavy atom. The Bertz CT molecular complexity index is 461. The van der Waals surface area contributed by atoms with Crippen LogP contribution in [-0.2, 0) is 9.53 Å². The van der Waals surface area contributed by atoms with E-state index in [2.05, 4.69) is 46.9 Å². The van der Waals surface area contributed by atoms with Crippen molar-refractivity contribution < 1.29 is 9.53 Å². The normalized spacial score (nSPS) is 41.7. The molecule has 0 aromatic rings. The standard InChI is InChI=1S/C21H37NO2/c1-14-7-16-8-15(2)10-21(9-14,11-16)18(23)24-17-12-19(3,4)22-20(5,6)13-17/h14-17,22H,7-13H2,1-6H3. The highest BCUT2D eigenvalue weighted by molar-refractivity contribution is 5.77. The second kappa shape index (κ2) is 6.00. The summed E-state index contributed by atoms with van der Waals surface area (Å²) in [6.07, 6.45) is 7.60. The van der Waals surface area contributed by atoms with E-state index in [9.17, 15) is 4.79 Å². The van der Waals surface area contributed by atoms with Gasteiger partial charge >= 0.3 is 5.97 Å². The number of carbonyl (C=O) groups excluding carboxylic acids is 1. The van der Waals surface area contributed by atoms with E-state index in [1.807, 2.05) is 0 Å². The van der Waals surface area contributed by atoms with E-state index in [0.29, 0.717) is 11.8 Å². The number of piperidine rings is 1. The van der Waals surface area contributed by atoms with E-state index < -0.39 is 0 Å². The summed E-state index contributed by atoms with van der Waals surface area (Å²) in [5, 5.41) is 3.68. The molecule has 1 saturated heterocycles. The Hall–Kier alpha value is -0.570. The van der Waals surface area contributed by atoms with Gasteiger partial charge in [0.25, 0.3) is 0 Å². The molecule has 1 aliphatic heterocycles. The van der Waals surface area contributed by atoms with E-state index in [0.717, 1.165) is 38.0 Å². The van der Waals surface area contributed by atoms with Crippen LogP contribution in [0.3, 0.4) is 0 Å². The van der Waals surface area contributed by atoms with Gasteiger partial charge in [0.1, 0.15) is 6.10 Å². The van der Waals surface area contributed by atoms with Crippen molar-refractivity contribution in [3.63, 3.8) is 0 Å². The molecule has 138 valence electrons. The molecule has 2 unspecified atom stereocenters. The minimum absolute atomic E-state index is 0.0204.